The van der Waals surface area contributed by atoms with Gasteiger partial charge in [0.05, 0.1) is 6.54 Å². The molecular formula is C23H24ClN3O4. The molecule has 1 aliphatic rings. The Balaban J connectivity index is 1.68. The Morgan fingerprint density at radius 1 is 1.03 bits per heavy atom. The summed E-state index contributed by atoms with van der Waals surface area (Å²) < 4.78 is 0. The lowest BCUT2D eigenvalue weighted by Crippen LogP contribution is -2.37. The van der Waals surface area contributed by atoms with E-state index in [1.807, 2.05) is 13.8 Å². The molecule has 0 aromatic heterocycles. The summed E-state index contributed by atoms with van der Waals surface area (Å²) in [6, 6.07) is 11.7. The lowest BCUT2D eigenvalue weighted by molar-refractivity contribution is -0.126. The molecule has 1 N–H and O–H groups in total. The van der Waals surface area contributed by atoms with E-state index in [1.54, 1.807) is 55.5 Å². The van der Waals surface area contributed by atoms with Crippen LogP contribution >= 0.6 is 11.6 Å². The first-order chi connectivity index (χ1) is 14.7. The second-order valence-corrected chi connectivity index (χ2v) is 8.31. The van der Waals surface area contributed by atoms with Crippen molar-refractivity contribution in [2.75, 3.05) is 16.8 Å². The van der Waals surface area contributed by atoms with E-state index in [2.05, 4.69) is 5.32 Å². The van der Waals surface area contributed by atoms with Gasteiger partial charge in [-0.3, -0.25) is 24.2 Å². The maximum Gasteiger partial charge on any atom is 0.332 e. The van der Waals surface area contributed by atoms with Gasteiger partial charge >= 0.3 is 6.03 Å². The maximum atomic E-state index is 12.8. The summed E-state index contributed by atoms with van der Waals surface area (Å²) in [6.45, 7) is 5.17. The van der Waals surface area contributed by atoms with Gasteiger partial charge in [0.1, 0.15) is 6.04 Å². The fraction of sp³-hybridized carbons (Fsp3) is 0.304. The molecule has 8 heteroatoms. The summed E-state index contributed by atoms with van der Waals surface area (Å²) in [5.41, 5.74) is 1.46. The Morgan fingerprint density at radius 2 is 1.65 bits per heavy atom. The highest BCUT2D eigenvalue weighted by Crippen LogP contribution is 2.27. The zero-order valence-corrected chi connectivity index (χ0v) is 18.3. The van der Waals surface area contributed by atoms with Crippen molar-refractivity contribution >= 4 is 46.6 Å². The lowest BCUT2D eigenvalue weighted by atomic mass is 10.1. The van der Waals surface area contributed by atoms with Crippen LogP contribution in [0.3, 0.4) is 0 Å². The van der Waals surface area contributed by atoms with Gasteiger partial charge in [0.15, 0.2) is 5.78 Å². The van der Waals surface area contributed by atoms with Gasteiger partial charge in [-0.15, -0.1) is 0 Å². The van der Waals surface area contributed by atoms with Crippen LogP contribution in [-0.2, 0) is 9.59 Å². The molecule has 0 unspecified atom stereocenters. The van der Waals surface area contributed by atoms with Gasteiger partial charge < -0.3 is 5.32 Å². The van der Waals surface area contributed by atoms with Crippen molar-refractivity contribution in [2.24, 2.45) is 5.92 Å². The summed E-state index contributed by atoms with van der Waals surface area (Å²) >= 11 is 5.90. The monoisotopic (exact) mass is 441 g/mol. The molecule has 0 bridgehead atoms. The van der Waals surface area contributed by atoms with E-state index >= 15 is 0 Å². The number of carbonyl (C=O) groups excluding carboxylic acids is 4. The molecule has 1 saturated heterocycles. The van der Waals surface area contributed by atoms with Gasteiger partial charge in [-0.1, -0.05) is 25.4 Å². The van der Waals surface area contributed by atoms with Gasteiger partial charge in [0.25, 0.3) is 5.91 Å². The number of imide groups is 1. The highest BCUT2D eigenvalue weighted by atomic mass is 35.5. The Bertz CT molecular complexity index is 1000. The van der Waals surface area contributed by atoms with Crippen LogP contribution in [0.15, 0.2) is 48.5 Å². The molecule has 0 spiro atoms. The SMILES string of the molecule is CC(C)CC(=O)Nc1ccc(C(=O)CN2C(=O)[C@H](C)N(c3ccc(Cl)cc3)C2=O)cc1. The van der Waals surface area contributed by atoms with Crippen LogP contribution in [0.25, 0.3) is 0 Å². The molecule has 1 atom stereocenters. The van der Waals surface area contributed by atoms with Crippen molar-refractivity contribution < 1.29 is 19.2 Å². The van der Waals surface area contributed by atoms with Crippen LogP contribution in [0, 0.1) is 5.92 Å². The highest BCUT2D eigenvalue weighted by Gasteiger charge is 2.44. The summed E-state index contributed by atoms with van der Waals surface area (Å²) in [5.74, 6) is -0.664. The van der Waals surface area contributed by atoms with Crippen LogP contribution in [0.5, 0.6) is 0 Å². The van der Waals surface area contributed by atoms with Crippen molar-refractivity contribution in [1.29, 1.82) is 0 Å². The van der Waals surface area contributed by atoms with E-state index in [1.165, 1.54) is 4.90 Å². The molecule has 2 aromatic rings. The summed E-state index contributed by atoms with van der Waals surface area (Å²) in [5, 5.41) is 3.29. The molecule has 1 aliphatic heterocycles. The molecule has 0 radical (unpaired) electrons. The smallest absolute Gasteiger partial charge is 0.326 e. The number of carbonyl (C=O) groups is 4. The van der Waals surface area contributed by atoms with E-state index in [9.17, 15) is 19.2 Å². The van der Waals surface area contributed by atoms with E-state index < -0.39 is 18.0 Å². The second-order valence-electron chi connectivity index (χ2n) is 7.88. The largest absolute Gasteiger partial charge is 0.332 e. The minimum Gasteiger partial charge on any atom is -0.326 e. The van der Waals surface area contributed by atoms with Gasteiger partial charge in [0, 0.05) is 28.4 Å². The number of Topliss-reactive ketones (excluding diaryl/α,β-unsaturated/α-hetero) is 1. The topological polar surface area (TPSA) is 86.8 Å². The Kier molecular flexibility index (Phi) is 6.75. The predicted molar refractivity (Wildman–Crippen MR) is 119 cm³/mol. The molecule has 2 aromatic carbocycles. The maximum absolute atomic E-state index is 12.8. The summed E-state index contributed by atoms with van der Waals surface area (Å²) in [7, 11) is 0. The number of anilines is 2. The zero-order valence-electron chi connectivity index (χ0n) is 17.6. The average molecular weight is 442 g/mol. The average Bonchev–Trinajstić information content (AvgIpc) is 2.92. The Hall–Kier alpha value is -3.19. The van der Waals surface area contributed by atoms with Crippen LogP contribution in [-0.4, -0.2) is 41.1 Å². The quantitative estimate of drug-likeness (QED) is 0.510. The van der Waals surface area contributed by atoms with Crippen molar-refractivity contribution in [3.8, 4) is 0 Å². The molecule has 4 amide bonds. The zero-order chi connectivity index (χ0) is 22.7. The minimum absolute atomic E-state index is 0.0985. The van der Waals surface area contributed by atoms with E-state index in [0.29, 0.717) is 28.4 Å². The fourth-order valence-corrected chi connectivity index (χ4v) is 3.49. The number of hydrogen-bond acceptors (Lipinski definition) is 4. The molecule has 1 heterocycles. The number of nitrogens with one attached hydrogen (secondary N) is 1. The number of amides is 4. The normalized spacial score (nSPS) is 16.2. The lowest BCUT2D eigenvalue weighted by Gasteiger charge is -2.19. The fourth-order valence-electron chi connectivity index (χ4n) is 3.36. The van der Waals surface area contributed by atoms with Crippen LogP contribution < -0.4 is 10.2 Å². The number of halogens is 1. The molecule has 0 saturated carbocycles. The van der Waals surface area contributed by atoms with Crippen LogP contribution in [0.2, 0.25) is 5.02 Å². The van der Waals surface area contributed by atoms with E-state index in [-0.39, 0.29) is 24.2 Å². The summed E-state index contributed by atoms with van der Waals surface area (Å²) in [6.07, 6.45) is 0.405. The molecule has 7 nitrogen and oxygen atoms in total. The third-order valence-electron chi connectivity index (χ3n) is 4.94. The van der Waals surface area contributed by atoms with Gasteiger partial charge in [0.2, 0.25) is 5.91 Å². The van der Waals surface area contributed by atoms with Crippen LogP contribution in [0.1, 0.15) is 37.6 Å². The third-order valence-corrected chi connectivity index (χ3v) is 5.19. The first-order valence-electron chi connectivity index (χ1n) is 10.0. The standard InChI is InChI=1S/C23H24ClN3O4/c1-14(2)12-21(29)25-18-8-4-16(5-9-18)20(28)13-26-22(30)15(3)27(23(26)31)19-10-6-17(24)7-11-19/h4-11,14-15H,12-13H2,1-3H3,(H,25,29)/t15-/m0/s1. The Morgan fingerprint density at radius 3 is 2.23 bits per heavy atom. The molecule has 162 valence electrons. The number of ketones is 1. The van der Waals surface area contributed by atoms with Gasteiger partial charge in [-0.05, 0) is 61.4 Å². The molecule has 3 rings (SSSR count). The van der Waals surface area contributed by atoms with Crippen molar-refractivity contribution in [2.45, 2.75) is 33.2 Å². The Labute approximate surface area is 186 Å². The van der Waals surface area contributed by atoms with E-state index in [0.717, 1.165) is 4.90 Å². The summed E-state index contributed by atoms with van der Waals surface area (Å²) in [4.78, 5) is 52.3. The minimum atomic E-state index is -0.722. The van der Waals surface area contributed by atoms with Crippen molar-refractivity contribution in [1.82, 2.24) is 4.90 Å². The number of benzene rings is 2. The number of hydrogen-bond donors (Lipinski definition) is 1. The molecule has 0 aliphatic carbocycles. The van der Waals surface area contributed by atoms with Crippen LogP contribution in [0.4, 0.5) is 16.2 Å². The van der Waals surface area contributed by atoms with Crippen molar-refractivity contribution in [3.63, 3.8) is 0 Å². The highest BCUT2D eigenvalue weighted by molar-refractivity contribution is 6.30. The number of rotatable bonds is 7. The third kappa shape index (κ3) is 5.11. The van der Waals surface area contributed by atoms with Gasteiger partial charge in [-0.2, -0.15) is 0 Å². The first kappa shape index (κ1) is 22.5. The second kappa shape index (κ2) is 9.31. The first-order valence-corrected chi connectivity index (χ1v) is 10.4. The van der Waals surface area contributed by atoms with Gasteiger partial charge in [-0.25, -0.2) is 4.79 Å². The number of nitrogens with zero attached hydrogens (tertiary/aromatic N) is 2. The van der Waals surface area contributed by atoms with Crippen molar-refractivity contribution in [3.05, 3.63) is 59.1 Å². The number of urea groups is 1. The molecular weight excluding hydrogens is 418 g/mol. The molecule has 31 heavy (non-hydrogen) atoms. The van der Waals surface area contributed by atoms with E-state index in [4.69, 9.17) is 11.6 Å². The predicted octanol–water partition coefficient (Wildman–Crippen LogP) is 4.36. The molecule has 1 fully saturated rings.